The standard InChI is InChI=1S/C14H15NO2/c1-15-8-9-4-2-6-11(14(16)17)10-5-3-7-12(15)13(9)10/h3,5,7-8,11H,2,4,6H2,1H3,(H,16,17). The zero-order chi connectivity index (χ0) is 12.0. The van der Waals surface area contributed by atoms with E-state index in [0.29, 0.717) is 0 Å². The Balaban J connectivity index is 2.34. The van der Waals surface area contributed by atoms with Gasteiger partial charge in [-0.3, -0.25) is 4.79 Å². The van der Waals surface area contributed by atoms with Gasteiger partial charge in [-0.15, -0.1) is 0 Å². The van der Waals surface area contributed by atoms with Crippen LogP contribution >= 0.6 is 0 Å². The number of aromatic nitrogens is 1. The molecule has 0 saturated heterocycles. The summed E-state index contributed by atoms with van der Waals surface area (Å²) in [5, 5.41) is 10.5. The van der Waals surface area contributed by atoms with Gasteiger partial charge in [-0.05, 0) is 36.5 Å². The first-order valence-electron chi connectivity index (χ1n) is 5.98. The third-order valence-corrected chi connectivity index (χ3v) is 3.74. The maximum Gasteiger partial charge on any atom is 0.310 e. The highest BCUT2D eigenvalue weighted by Crippen LogP contribution is 2.36. The number of carboxylic acid groups (broad SMARTS) is 1. The van der Waals surface area contributed by atoms with Gasteiger partial charge >= 0.3 is 5.97 Å². The molecule has 88 valence electrons. The first kappa shape index (κ1) is 10.4. The highest BCUT2D eigenvalue weighted by Gasteiger charge is 2.26. The van der Waals surface area contributed by atoms with Crippen LogP contribution in [0.25, 0.3) is 10.9 Å². The van der Waals surface area contributed by atoms with Crippen molar-refractivity contribution in [3.05, 3.63) is 35.5 Å². The minimum atomic E-state index is -0.700. The van der Waals surface area contributed by atoms with Crippen LogP contribution in [-0.4, -0.2) is 15.6 Å². The first-order valence-corrected chi connectivity index (χ1v) is 5.98. The van der Waals surface area contributed by atoms with Gasteiger partial charge in [0.2, 0.25) is 0 Å². The summed E-state index contributed by atoms with van der Waals surface area (Å²) in [5.74, 6) is -1.04. The second kappa shape index (κ2) is 3.62. The van der Waals surface area contributed by atoms with Crippen molar-refractivity contribution in [2.45, 2.75) is 25.2 Å². The fourth-order valence-corrected chi connectivity index (χ4v) is 2.96. The summed E-state index contributed by atoms with van der Waals surface area (Å²) in [7, 11) is 2.02. The molecule has 0 spiro atoms. The molecule has 0 bridgehead atoms. The van der Waals surface area contributed by atoms with Gasteiger partial charge < -0.3 is 9.67 Å². The van der Waals surface area contributed by atoms with Crippen molar-refractivity contribution >= 4 is 16.9 Å². The molecule has 1 aliphatic rings. The zero-order valence-electron chi connectivity index (χ0n) is 9.81. The Labute approximate surface area is 99.7 Å². The number of rotatable bonds is 1. The SMILES string of the molecule is Cn1cc2c3c(cccc31)C(C(=O)O)CCC2. The van der Waals surface area contributed by atoms with Gasteiger partial charge in [0.25, 0.3) is 0 Å². The predicted molar refractivity (Wildman–Crippen MR) is 66.2 cm³/mol. The van der Waals surface area contributed by atoms with Crippen LogP contribution in [0.15, 0.2) is 24.4 Å². The molecule has 3 rings (SSSR count). The fraction of sp³-hybridized carbons (Fsp3) is 0.357. The lowest BCUT2D eigenvalue weighted by Crippen LogP contribution is -2.11. The maximum absolute atomic E-state index is 11.4. The van der Waals surface area contributed by atoms with E-state index in [2.05, 4.69) is 16.8 Å². The van der Waals surface area contributed by atoms with Crippen LogP contribution in [0.5, 0.6) is 0 Å². The van der Waals surface area contributed by atoms with Gasteiger partial charge in [0, 0.05) is 24.1 Å². The molecule has 1 heterocycles. The molecule has 0 saturated carbocycles. The van der Waals surface area contributed by atoms with E-state index in [-0.39, 0.29) is 5.92 Å². The normalized spacial score (nSPS) is 19.2. The molecule has 1 aromatic carbocycles. The van der Waals surface area contributed by atoms with E-state index < -0.39 is 5.97 Å². The highest BCUT2D eigenvalue weighted by molar-refractivity contribution is 5.92. The summed E-state index contributed by atoms with van der Waals surface area (Å²) in [6.07, 6.45) is 4.81. The van der Waals surface area contributed by atoms with E-state index in [1.54, 1.807) is 0 Å². The van der Waals surface area contributed by atoms with Gasteiger partial charge in [-0.2, -0.15) is 0 Å². The number of carbonyl (C=O) groups is 1. The molecule has 3 heteroatoms. The number of hydrogen-bond acceptors (Lipinski definition) is 1. The van der Waals surface area contributed by atoms with Crippen molar-refractivity contribution in [1.29, 1.82) is 0 Å². The van der Waals surface area contributed by atoms with E-state index in [9.17, 15) is 9.90 Å². The Morgan fingerprint density at radius 2 is 2.29 bits per heavy atom. The molecule has 3 nitrogen and oxygen atoms in total. The van der Waals surface area contributed by atoms with Crippen LogP contribution in [0.2, 0.25) is 0 Å². The Bertz CT molecular complexity index is 598. The number of benzene rings is 1. The van der Waals surface area contributed by atoms with Crippen molar-refractivity contribution in [1.82, 2.24) is 4.57 Å². The first-order chi connectivity index (χ1) is 8.18. The van der Waals surface area contributed by atoms with Crippen LogP contribution < -0.4 is 0 Å². The fourth-order valence-electron chi connectivity index (χ4n) is 2.96. The number of nitrogens with zero attached hydrogens (tertiary/aromatic N) is 1. The van der Waals surface area contributed by atoms with E-state index in [4.69, 9.17) is 0 Å². The molecule has 1 aliphatic carbocycles. The minimum absolute atomic E-state index is 0.345. The summed E-state index contributed by atoms with van der Waals surface area (Å²) < 4.78 is 2.10. The molecule has 2 aromatic rings. The smallest absolute Gasteiger partial charge is 0.310 e. The summed E-state index contributed by atoms with van der Waals surface area (Å²) >= 11 is 0. The summed E-state index contributed by atoms with van der Waals surface area (Å²) in [6.45, 7) is 0. The quantitative estimate of drug-likeness (QED) is 0.816. The molecule has 1 unspecified atom stereocenters. The van der Waals surface area contributed by atoms with Crippen molar-refractivity contribution < 1.29 is 9.90 Å². The van der Waals surface area contributed by atoms with Crippen molar-refractivity contribution in [2.75, 3.05) is 0 Å². The predicted octanol–water partition coefficient (Wildman–Crippen LogP) is 2.68. The van der Waals surface area contributed by atoms with Crippen molar-refractivity contribution in [3.63, 3.8) is 0 Å². The Kier molecular flexibility index (Phi) is 2.21. The second-order valence-electron chi connectivity index (χ2n) is 4.79. The van der Waals surface area contributed by atoms with Crippen LogP contribution in [0.3, 0.4) is 0 Å². The van der Waals surface area contributed by atoms with E-state index in [1.807, 2.05) is 19.2 Å². The molecule has 1 N–H and O–H groups in total. The molecular formula is C14H15NO2. The largest absolute Gasteiger partial charge is 0.481 e. The van der Waals surface area contributed by atoms with Gasteiger partial charge in [0.1, 0.15) is 0 Å². The monoisotopic (exact) mass is 229 g/mol. The maximum atomic E-state index is 11.4. The molecule has 1 atom stereocenters. The average Bonchev–Trinajstić information content (AvgIpc) is 2.52. The lowest BCUT2D eigenvalue weighted by Gasteiger charge is -2.11. The number of carboxylic acids is 1. The lowest BCUT2D eigenvalue weighted by molar-refractivity contribution is -0.138. The highest BCUT2D eigenvalue weighted by atomic mass is 16.4. The van der Waals surface area contributed by atoms with Crippen molar-refractivity contribution in [3.8, 4) is 0 Å². The molecule has 0 fully saturated rings. The van der Waals surface area contributed by atoms with Crippen LogP contribution in [-0.2, 0) is 18.3 Å². The molecular weight excluding hydrogens is 214 g/mol. The van der Waals surface area contributed by atoms with Crippen LogP contribution in [0, 0.1) is 0 Å². The van der Waals surface area contributed by atoms with E-state index >= 15 is 0 Å². The van der Waals surface area contributed by atoms with Crippen LogP contribution in [0.4, 0.5) is 0 Å². The molecule has 1 aromatic heterocycles. The van der Waals surface area contributed by atoms with Crippen molar-refractivity contribution in [2.24, 2.45) is 7.05 Å². The minimum Gasteiger partial charge on any atom is -0.481 e. The van der Waals surface area contributed by atoms with E-state index in [0.717, 1.165) is 30.3 Å². The number of aliphatic carboxylic acids is 1. The third-order valence-electron chi connectivity index (χ3n) is 3.74. The third kappa shape index (κ3) is 1.46. The Morgan fingerprint density at radius 3 is 3.06 bits per heavy atom. The Hall–Kier alpha value is -1.77. The number of hydrogen-bond donors (Lipinski definition) is 1. The average molecular weight is 229 g/mol. The molecule has 17 heavy (non-hydrogen) atoms. The van der Waals surface area contributed by atoms with Gasteiger partial charge in [0.15, 0.2) is 0 Å². The Morgan fingerprint density at radius 1 is 1.47 bits per heavy atom. The summed E-state index contributed by atoms with van der Waals surface area (Å²) in [5.41, 5.74) is 3.43. The molecule has 0 aliphatic heterocycles. The summed E-state index contributed by atoms with van der Waals surface area (Å²) in [6, 6.07) is 5.99. The zero-order valence-corrected chi connectivity index (χ0v) is 9.81. The van der Waals surface area contributed by atoms with Gasteiger partial charge in [0.05, 0.1) is 5.92 Å². The number of aryl methyl sites for hydroxylation is 2. The lowest BCUT2D eigenvalue weighted by atomic mass is 9.94. The second-order valence-corrected chi connectivity index (χ2v) is 4.79. The van der Waals surface area contributed by atoms with Gasteiger partial charge in [-0.1, -0.05) is 12.1 Å². The van der Waals surface area contributed by atoms with Gasteiger partial charge in [-0.25, -0.2) is 0 Å². The molecule has 0 amide bonds. The van der Waals surface area contributed by atoms with E-state index in [1.165, 1.54) is 10.9 Å². The topological polar surface area (TPSA) is 42.2 Å². The van der Waals surface area contributed by atoms with Crippen LogP contribution in [0.1, 0.15) is 29.9 Å². The summed E-state index contributed by atoms with van der Waals surface area (Å²) in [4.78, 5) is 11.4. The molecule has 0 radical (unpaired) electrons.